The highest BCUT2D eigenvalue weighted by atomic mass is 32.2. The fourth-order valence-corrected chi connectivity index (χ4v) is 2.76. The average Bonchev–Trinajstić information content (AvgIpc) is 2.79. The van der Waals surface area contributed by atoms with Crippen molar-refractivity contribution >= 4 is 11.8 Å². The van der Waals surface area contributed by atoms with E-state index in [0.717, 1.165) is 24.5 Å². The monoisotopic (exact) mass is 224 g/mol. The van der Waals surface area contributed by atoms with Gasteiger partial charge in [-0.3, -0.25) is 0 Å². The molecule has 0 radical (unpaired) electrons. The van der Waals surface area contributed by atoms with Crippen LogP contribution in [0.15, 0.2) is 29.2 Å². The minimum atomic E-state index is 0.126. The number of ether oxygens (including phenoxy) is 1. The van der Waals surface area contributed by atoms with E-state index in [1.165, 1.54) is 11.3 Å². The summed E-state index contributed by atoms with van der Waals surface area (Å²) in [5, 5.41) is 9.01. The first kappa shape index (κ1) is 11.0. The molecule has 1 saturated heterocycles. The van der Waals surface area contributed by atoms with Gasteiger partial charge in [0.05, 0.1) is 13.2 Å². The van der Waals surface area contributed by atoms with Gasteiger partial charge in [0, 0.05) is 17.3 Å². The van der Waals surface area contributed by atoms with Crippen LogP contribution in [0.1, 0.15) is 12.0 Å². The maximum Gasteiger partial charge on any atom is 0.0682 e. The highest BCUT2D eigenvalue weighted by Crippen LogP contribution is 2.25. The van der Waals surface area contributed by atoms with Crippen molar-refractivity contribution in [3.05, 3.63) is 29.8 Å². The molecular formula is C12H16O2S. The lowest BCUT2D eigenvalue weighted by atomic mass is 10.2. The molecule has 3 heteroatoms. The van der Waals surface area contributed by atoms with Crippen LogP contribution in [-0.2, 0) is 11.3 Å². The number of hydrogen-bond donors (Lipinski definition) is 1. The quantitative estimate of drug-likeness (QED) is 0.796. The molecule has 0 bridgehead atoms. The van der Waals surface area contributed by atoms with Crippen LogP contribution in [0.4, 0.5) is 0 Å². The van der Waals surface area contributed by atoms with Crippen molar-refractivity contribution < 1.29 is 9.84 Å². The second-order valence-electron chi connectivity index (χ2n) is 3.85. The summed E-state index contributed by atoms with van der Waals surface area (Å²) in [7, 11) is 0. The average molecular weight is 224 g/mol. The van der Waals surface area contributed by atoms with E-state index in [-0.39, 0.29) is 6.61 Å². The van der Waals surface area contributed by atoms with Crippen LogP contribution in [0, 0.1) is 5.92 Å². The van der Waals surface area contributed by atoms with Crippen LogP contribution in [0.25, 0.3) is 0 Å². The number of rotatable bonds is 4. The Hall–Kier alpha value is -0.510. The molecule has 0 aromatic heterocycles. The fraction of sp³-hybridized carbons (Fsp3) is 0.500. The van der Waals surface area contributed by atoms with Crippen molar-refractivity contribution in [2.45, 2.75) is 17.9 Å². The number of benzene rings is 1. The van der Waals surface area contributed by atoms with Gasteiger partial charge in [0.15, 0.2) is 0 Å². The van der Waals surface area contributed by atoms with Crippen LogP contribution in [0.2, 0.25) is 0 Å². The molecule has 0 saturated carbocycles. The SMILES string of the molecule is OCc1cccc(SCC2CCOC2)c1. The Kier molecular flexibility index (Phi) is 4.06. The van der Waals surface area contributed by atoms with Crippen molar-refractivity contribution in [1.29, 1.82) is 0 Å². The summed E-state index contributed by atoms with van der Waals surface area (Å²) in [6.07, 6.45) is 1.19. The Morgan fingerprint density at radius 1 is 1.47 bits per heavy atom. The molecule has 1 N–H and O–H groups in total. The third kappa shape index (κ3) is 3.23. The Morgan fingerprint density at radius 2 is 2.40 bits per heavy atom. The highest BCUT2D eigenvalue weighted by Gasteiger charge is 2.15. The van der Waals surface area contributed by atoms with Gasteiger partial charge in [-0.2, -0.15) is 0 Å². The summed E-state index contributed by atoms with van der Waals surface area (Å²) < 4.78 is 5.34. The molecule has 0 aliphatic carbocycles. The molecule has 1 fully saturated rings. The minimum Gasteiger partial charge on any atom is -0.392 e. The van der Waals surface area contributed by atoms with E-state index in [1.54, 1.807) is 0 Å². The van der Waals surface area contributed by atoms with Crippen LogP contribution in [-0.4, -0.2) is 24.1 Å². The summed E-state index contributed by atoms with van der Waals surface area (Å²) in [5.74, 6) is 1.82. The van der Waals surface area contributed by atoms with Gasteiger partial charge in [0.1, 0.15) is 0 Å². The van der Waals surface area contributed by atoms with Crippen molar-refractivity contribution in [2.75, 3.05) is 19.0 Å². The first-order valence-electron chi connectivity index (χ1n) is 5.29. The first-order chi connectivity index (χ1) is 7.38. The standard InChI is InChI=1S/C12H16O2S/c13-7-10-2-1-3-12(6-10)15-9-11-4-5-14-8-11/h1-3,6,11,13H,4-5,7-9H2. The van der Waals surface area contributed by atoms with Gasteiger partial charge in [-0.05, 0) is 30.0 Å². The molecule has 1 aliphatic rings. The van der Waals surface area contributed by atoms with Gasteiger partial charge >= 0.3 is 0 Å². The van der Waals surface area contributed by atoms with Gasteiger partial charge in [-0.15, -0.1) is 11.8 Å². The Morgan fingerprint density at radius 3 is 3.13 bits per heavy atom. The minimum absolute atomic E-state index is 0.126. The van der Waals surface area contributed by atoms with Crippen LogP contribution >= 0.6 is 11.8 Å². The van der Waals surface area contributed by atoms with Crippen LogP contribution in [0.5, 0.6) is 0 Å². The molecule has 82 valence electrons. The fourth-order valence-electron chi connectivity index (χ4n) is 1.66. The van der Waals surface area contributed by atoms with Gasteiger partial charge in [-0.25, -0.2) is 0 Å². The van der Waals surface area contributed by atoms with Crippen molar-refractivity contribution in [3.8, 4) is 0 Å². The zero-order valence-electron chi connectivity index (χ0n) is 8.69. The third-order valence-electron chi connectivity index (χ3n) is 2.59. The molecule has 1 atom stereocenters. The lowest BCUT2D eigenvalue weighted by molar-refractivity contribution is 0.189. The van der Waals surface area contributed by atoms with Crippen LogP contribution in [0.3, 0.4) is 0 Å². The molecule has 1 aromatic carbocycles. The molecule has 1 heterocycles. The Bertz CT molecular complexity index is 308. The van der Waals surface area contributed by atoms with E-state index < -0.39 is 0 Å². The van der Waals surface area contributed by atoms with Crippen molar-refractivity contribution in [2.24, 2.45) is 5.92 Å². The van der Waals surface area contributed by atoms with E-state index in [9.17, 15) is 0 Å². The van der Waals surface area contributed by atoms with Gasteiger partial charge in [-0.1, -0.05) is 12.1 Å². The lowest BCUT2D eigenvalue weighted by Crippen LogP contribution is -2.01. The predicted molar refractivity (Wildman–Crippen MR) is 62.0 cm³/mol. The predicted octanol–water partition coefficient (Wildman–Crippen LogP) is 2.31. The lowest BCUT2D eigenvalue weighted by Gasteiger charge is -2.07. The summed E-state index contributed by atoms with van der Waals surface area (Å²) >= 11 is 1.86. The zero-order chi connectivity index (χ0) is 10.5. The molecule has 2 nitrogen and oxygen atoms in total. The summed E-state index contributed by atoms with van der Waals surface area (Å²) in [6.45, 7) is 1.95. The Labute approximate surface area is 94.6 Å². The number of aliphatic hydroxyl groups excluding tert-OH is 1. The Balaban J connectivity index is 1.86. The molecule has 0 spiro atoms. The van der Waals surface area contributed by atoms with Crippen molar-refractivity contribution in [1.82, 2.24) is 0 Å². The normalized spacial score (nSPS) is 20.7. The van der Waals surface area contributed by atoms with Crippen molar-refractivity contribution in [3.63, 3.8) is 0 Å². The maximum absolute atomic E-state index is 9.01. The van der Waals surface area contributed by atoms with Gasteiger partial charge < -0.3 is 9.84 Å². The molecule has 0 amide bonds. The number of aliphatic hydroxyl groups is 1. The maximum atomic E-state index is 9.01. The van der Waals surface area contributed by atoms with E-state index in [0.29, 0.717) is 5.92 Å². The highest BCUT2D eigenvalue weighted by molar-refractivity contribution is 7.99. The third-order valence-corrected chi connectivity index (χ3v) is 3.82. The van der Waals surface area contributed by atoms with Crippen LogP contribution < -0.4 is 0 Å². The molecule has 2 rings (SSSR count). The van der Waals surface area contributed by atoms with E-state index in [2.05, 4.69) is 12.1 Å². The summed E-state index contributed by atoms with van der Waals surface area (Å²) in [6, 6.07) is 8.10. The topological polar surface area (TPSA) is 29.5 Å². The molecule has 1 aromatic rings. The molecule has 15 heavy (non-hydrogen) atoms. The van der Waals surface area contributed by atoms with Gasteiger partial charge in [0.25, 0.3) is 0 Å². The second kappa shape index (κ2) is 5.54. The smallest absolute Gasteiger partial charge is 0.0682 e. The largest absolute Gasteiger partial charge is 0.392 e. The van der Waals surface area contributed by atoms with E-state index in [1.807, 2.05) is 23.9 Å². The second-order valence-corrected chi connectivity index (χ2v) is 4.94. The van der Waals surface area contributed by atoms with E-state index >= 15 is 0 Å². The first-order valence-corrected chi connectivity index (χ1v) is 6.27. The molecule has 1 aliphatic heterocycles. The number of thioether (sulfide) groups is 1. The molecule has 1 unspecified atom stereocenters. The summed E-state index contributed by atoms with van der Waals surface area (Å²) in [4.78, 5) is 1.24. The van der Waals surface area contributed by atoms with E-state index in [4.69, 9.17) is 9.84 Å². The molecular weight excluding hydrogens is 208 g/mol. The summed E-state index contributed by atoms with van der Waals surface area (Å²) in [5.41, 5.74) is 0.989. The zero-order valence-corrected chi connectivity index (χ0v) is 9.50. The van der Waals surface area contributed by atoms with Gasteiger partial charge in [0.2, 0.25) is 0 Å². The number of hydrogen-bond acceptors (Lipinski definition) is 3.